The first-order chi connectivity index (χ1) is 8.27. The lowest BCUT2D eigenvalue weighted by Crippen LogP contribution is -2.12. The van der Waals surface area contributed by atoms with E-state index in [0.717, 1.165) is 5.75 Å². The molecule has 0 spiro atoms. The molecule has 0 aliphatic rings. The Morgan fingerprint density at radius 1 is 1.41 bits per heavy atom. The third-order valence-corrected chi connectivity index (χ3v) is 3.24. The second-order valence-corrected chi connectivity index (χ2v) is 4.48. The molecular weight excluding hydrogens is 234 g/mol. The van der Waals surface area contributed by atoms with Crippen LogP contribution in [-0.2, 0) is 7.05 Å². The van der Waals surface area contributed by atoms with E-state index < -0.39 is 0 Å². The molecule has 5 heteroatoms. The van der Waals surface area contributed by atoms with Crippen molar-refractivity contribution < 1.29 is 0 Å². The Morgan fingerprint density at radius 3 is 2.82 bits per heavy atom. The Labute approximate surface area is 103 Å². The third-order valence-electron chi connectivity index (χ3n) is 2.26. The van der Waals surface area contributed by atoms with E-state index in [2.05, 4.69) is 22.3 Å². The lowest BCUT2D eigenvalue weighted by Gasteiger charge is -1.95. The number of thioether (sulfide) groups is 1. The summed E-state index contributed by atoms with van der Waals surface area (Å²) >= 11 is 1.52. The average Bonchev–Trinajstić information content (AvgIpc) is 2.67. The summed E-state index contributed by atoms with van der Waals surface area (Å²) in [5, 5.41) is 7.02. The summed E-state index contributed by atoms with van der Waals surface area (Å²) in [6.07, 6.45) is 4.11. The highest BCUT2D eigenvalue weighted by atomic mass is 32.2. The van der Waals surface area contributed by atoms with Crippen molar-refractivity contribution in [2.24, 2.45) is 7.05 Å². The van der Waals surface area contributed by atoms with Gasteiger partial charge in [-0.05, 0) is 5.56 Å². The van der Waals surface area contributed by atoms with Crippen molar-refractivity contribution in [1.29, 1.82) is 0 Å². The molecule has 0 radical (unpaired) electrons. The molecule has 0 unspecified atom stereocenters. The Balaban J connectivity index is 1.90. The molecular formula is C12H13N3OS. The fourth-order valence-corrected chi connectivity index (χ4v) is 2.06. The van der Waals surface area contributed by atoms with Gasteiger partial charge in [0.05, 0.1) is 0 Å². The minimum atomic E-state index is -0.181. The van der Waals surface area contributed by atoms with Crippen LogP contribution in [0, 0.1) is 0 Å². The van der Waals surface area contributed by atoms with Gasteiger partial charge in [0.2, 0.25) is 0 Å². The van der Waals surface area contributed by atoms with E-state index in [4.69, 9.17) is 0 Å². The van der Waals surface area contributed by atoms with Crippen molar-refractivity contribution >= 4 is 17.8 Å². The summed E-state index contributed by atoms with van der Waals surface area (Å²) in [5.41, 5.74) is 0.989. The first kappa shape index (κ1) is 11.7. The molecule has 1 heterocycles. The number of hydrogen-bond acceptors (Lipinski definition) is 3. The van der Waals surface area contributed by atoms with Crippen molar-refractivity contribution in [3.05, 3.63) is 52.5 Å². The van der Waals surface area contributed by atoms with Crippen LogP contribution in [0.3, 0.4) is 0 Å². The molecule has 1 N–H and O–H groups in total. The average molecular weight is 247 g/mol. The van der Waals surface area contributed by atoms with E-state index in [0.29, 0.717) is 5.16 Å². The summed E-state index contributed by atoms with van der Waals surface area (Å²) in [6.45, 7) is 0. The third kappa shape index (κ3) is 3.10. The fourth-order valence-electron chi connectivity index (χ4n) is 1.33. The normalized spacial score (nSPS) is 11.1. The van der Waals surface area contributed by atoms with Crippen LogP contribution in [0.1, 0.15) is 5.56 Å². The van der Waals surface area contributed by atoms with Gasteiger partial charge in [0.15, 0.2) is 5.16 Å². The summed E-state index contributed by atoms with van der Waals surface area (Å²) in [7, 11) is 1.70. The van der Waals surface area contributed by atoms with Gasteiger partial charge in [0.1, 0.15) is 0 Å². The van der Waals surface area contributed by atoms with Gasteiger partial charge < -0.3 is 0 Å². The fraction of sp³-hybridized carbons (Fsp3) is 0.167. The molecule has 0 saturated heterocycles. The van der Waals surface area contributed by atoms with E-state index in [9.17, 15) is 4.79 Å². The molecule has 4 nitrogen and oxygen atoms in total. The van der Waals surface area contributed by atoms with Gasteiger partial charge in [0, 0.05) is 12.8 Å². The number of nitrogens with zero attached hydrogens (tertiary/aromatic N) is 2. The molecule has 0 atom stereocenters. The Morgan fingerprint density at radius 2 is 2.18 bits per heavy atom. The van der Waals surface area contributed by atoms with Gasteiger partial charge in [-0.1, -0.05) is 54.2 Å². The molecule has 0 aliphatic heterocycles. The number of rotatable bonds is 4. The monoisotopic (exact) mass is 247 g/mol. The van der Waals surface area contributed by atoms with Gasteiger partial charge in [-0.2, -0.15) is 0 Å². The smallest absolute Gasteiger partial charge is 0.273 e. The highest BCUT2D eigenvalue weighted by Crippen LogP contribution is 2.12. The maximum Gasteiger partial charge on any atom is 0.343 e. The topological polar surface area (TPSA) is 50.7 Å². The Kier molecular flexibility index (Phi) is 3.82. The quantitative estimate of drug-likeness (QED) is 0.840. The van der Waals surface area contributed by atoms with Crippen LogP contribution in [-0.4, -0.2) is 20.5 Å². The zero-order valence-electron chi connectivity index (χ0n) is 9.46. The molecule has 0 bridgehead atoms. The summed E-state index contributed by atoms with van der Waals surface area (Å²) in [4.78, 5) is 11.1. The highest BCUT2D eigenvalue weighted by molar-refractivity contribution is 7.99. The summed E-state index contributed by atoms with van der Waals surface area (Å²) in [5.74, 6) is 0.785. The maximum atomic E-state index is 11.1. The first-order valence-corrected chi connectivity index (χ1v) is 6.22. The molecule has 0 saturated carbocycles. The van der Waals surface area contributed by atoms with Crippen LogP contribution in [0.25, 0.3) is 6.08 Å². The second kappa shape index (κ2) is 5.54. The van der Waals surface area contributed by atoms with Crippen LogP contribution < -0.4 is 5.69 Å². The van der Waals surface area contributed by atoms with Crippen molar-refractivity contribution in [2.45, 2.75) is 5.16 Å². The molecule has 1 aromatic carbocycles. The van der Waals surface area contributed by atoms with Gasteiger partial charge >= 0.3 is 5.69 Å². The van der Waals surface area contributed by atoms with E-state index in [-0.39, 0.29) is 5.69 Å². The van der Waals surface area contributed by atoms with Crippen LogP contribution in [0.4, 0.5) is 0 Å². The number of H-pyrrole nitrogens is 1. The predicted octanol–water partition coefficient (Wildman–Crippen LogP) is 1.91. The van der Waals surface area contributed by atoms with Crippen molar-refractivity contribution in [2.75, 3.05) is 5.75 Å². The van der Waals surface area contributed by atoms with Crippen LogP contribution in [0.15, 0.2) is 46.4 Å². The minimum Gasteiger partial charge on any atom is -0.273 e. The van der Waals surface area contributed by atoms with Crippen molar-refractivity contribution in [3.8, 4) is 0 Å². The first-order valence-electron chi connectivity index (χ1n) is 5.23. The zero-order chi connectivity index (χ0) is 12.1. The molecule has 88 valence electrons. The van der Waals surface area contributed by atoms with Crippen LogP contribution in [0.5, 0.6) is 0 Å². The maximum absolute atomic E-state index is 11.1. The van der Waals surface area contributed by atoms with Gasteiger partial charge in [-0.15, -0.1) is 5.10 Å². The van der Waals surface area contributed by atoms with E-state index in [1.165, 1.54) is 21.9 Å². The summed E-state index contributed by atoms with van der Waals surface area (Å²) < 4.78 is 1.50. The second-order valence-electron chi connectivity index (χ2n) is 3.49. The molecule has 0 fully saturated rings. The predicted molar refractivity (Wildman–Crippen MR) is 70.0 cm³/mol. The standard InChI is InChI=1S/C12H13N3OS/c1-15-11(16)13-14-12(15)17-9-5-8-10-6-3-2-4-7-10/h2-8H,9H2,1H3,(H,13,16). The number of hydrogen-bond donors (Lipinski definition) is 1. The lowest BCUT2D eigenvalue weighted by molar-refractivity contribution is 0.766. The van der Waals surface area contributed by atoms with Gasteiger partial charge in [-0.25, -0.2) is 9.89 Å². The highest BCUT2D eigenvalue weighted by Gasteiger charge is 2.02. The molecule has 2 aromatic rings. The number of aromatic amines is 1. The van der Waals surface area contributed by atoms with Crippen molar-refractivity contribution in [3.63, 3.8) is 0 Å². The van der Waals surface area contributed by atoms with Gasteiger partial charge in [0.25, 0.3) is 0 Å². The van der Waals surface area contributed by atoms with Crippen molar-refractivity contribution in [1.82, 2.24) is 14.8 Å². The number of nitrogens with one attached hydrogen (secondary N) is 1. The number of benzene rings is 1. The van der Waals surface area contributed by atoms with E-state index >= 15 is 0 Å². The lowest BCUT2D eigenvalue weighted by atomic mass is 10.2. The van der Waals surface area contributed by atoms with Gasteiger partial charge in [-0.3, -0.25) is 4.57 Å². The Hall–Kier alpha value is -1.75. The molecule has 0 aliphatic carbocycles. The molecule has 17 heavy (non-hydrogen) atoms. The zero-order valence-corrected chi connectivity index (χ0v) is 10.3. The minimum absolute atomic E-state index is 0.181. The molecule has 1 aromatic heterocycles. The summed E-state index contributed by atoms with van der Waals surface area (Å²) in [6, 6.07) is 10.1. The van der Waals surface area contributed by atoms with E-state index in [1.807, 2.05) is 30.3 Å². The molecule has 0 amide bonds. The molecule has 2 rings (SSSR count). The Bertz CT molecular complexity index is 557. The number of aromatic nitrogens is 3. The largest absolute Gasteiger partial charge is 0.343 e. The van der Waals surface area contributed by atoms with Crippen LogP contribution >= 0.6 is 11.8 Å². The van der Waals surface area contributed by atoms with E-state index in [1.54, 1.807) is 7.05 Å². The SMILES string of the molecule is Cn1c(SCC=Cc2ccccc2)n[nH]c1=O. The van der Waals surface area contributed by atoms with Crippen LogP contribution in [0.2, 0.25) is 0 Å².